The zero-order valence-corrected chi connectivity index (χ0v) is 52.5. The first kappa shape index (κ1) is 75.6. The van der Waals surface area contributed by atoms with E-state index in [1.165, 1.54) is 334 Å². The second kappa shape index (κ2) is 67.1. The van der Waals surface area contributed by atoms with Gasteiger partial charge in [-0.25, -0.2) is 0 Å². The van der Waals surface area contributed by atoms with Crippen LogP contribution in [0.5, 0.6) is 0 Å². The minimum Gasteiger partial charge on any atom is -0.466 e. The first-order valence-electron chi connectivity index (χ1n) is 35.4. The van der Waals surface area contributed by atoms with E-state index in [4.69, 9.17) is 4.74 Å². The van der Waals surface area contributed by atoms with E-state index in [-0.39, 0.29) is 18.5 Å². The number of aliphatic hydroxyl groups is 2. The molecule has 0 aliphatic heterocycles. The molecule has 0 bridgehead atoms. The predicted octanol–water partition coefficient (Wildman–Crippen LogP) is 22.8. The molecule has 0 radical (unpaired) electrons. The van der Waals surface area contributed by atoms with Gasteiger partial charge in [-0.2, -0.15) is 0 Å². The van der Waals surface area contributed by atoms with Crippen molar-refractivity contribution in [3.05, 3.63) is 12.2 Å². The molecular formula is C71H139NO5. The zero-order valence-electron chi connectivity index (χ0n) is 52.5. The average molecular weight is 1090 g/mol. The van der Waals surface area contributed by atoms with Crippen molar-refractivity contribution in [3.8, 4) is 0 Å². The summed E-state index contributed by atoms with van der Waals surface area (Å²) in [6.45, 7) is 5.00. The van der Waals surface area contributed by atoms with Crippen LogP contribution in [0.4, 0.5) is 0 Å². The van der Waals surface area contributed by atoms with Crippen LogP contribution in [-0.2, 0) is 14.3 Å². The van der Waals surface area contributed by atoms with E-state index in [2.05, 4.69) is 31.3 Å². The summed E-state index contributed by atoms with van der Waals surface area (Å²) in [7, 11) is 0. The van der Waals surface area contributed by atoms with Crippen LogP contribution in [0.3, 0.4) is 0 Å². The number of allylic oxidation sites excluding steroid dienone is 2. The molecule has 0 aromatic heterocycles. The van der Waals surface area contributed by atoms with Crippen LogP contribution in [0.25, 0.3) is 0 Å². The molecule has 0 fully saturated rings. The molecule has 2 atom stereocenters. The monoisotopic (exact) mass is 1090 g/mol. The largest absolute Gasteiger partial charge is 0.466 e. The van der Waals surface area contributed by atoms with Gasteiger partial charge in [-0.3, -0.25) is 9.59 Å². The second-order valence-corrected chi connectivity index (χ2v) is 24.6. The van der Waals surface area contributed by atoms with Gasteiger partial charge in [0, 0.05) is 12.8 Å². The molecule has 0 aliphatic carbocycles. The second-order valence-electron chi connectivity index (χ2n) is 24.6. The number of esters is 1. The molecule has 0 saturated carbocycles. The number of hydrogen-bond donors (Lipinski definition) is 3. The molecule has 0 heterocycles. The summed E-state index contributed by atoms with van der Waals surface area (Å²) in [5, 5.41) is 23.4. The lowest BCUT2D eigenvalue weighted by molar-refractivity contribution is -0.143. The smallest absolute Gasteiger partial charge is 0.305 e. The third kappa shape index (κ3) is 63.6. The maximum Gasteiger partial charge on any atom is 0.305 e. The van der Waals surface area contributed by atoms with Crippen molar-refractivity contribution in [2.75, 3.05) is 13.2 Å². The number of ether oxygens (including phenoxy) is 1. The van der Waals surface area contributed by atoms with Crippen LogP contribution in [-0.4, -0.2) is 47.4 Å². The molecule has 2 unspecified atom stereocenters. The number of hydrogen-bond acceptors (Lipinski definition) is 5. The van der Waals surface area contributed by atoms with Crippen molar-refractivity contribution in [1.29, 1.82) is 0 Å². The van der Waals surface area contributed by atoms with Crippen molar-refractivity contribution in [2.24, 2.45) is 0 Å². The third-order valence-corrected chi connectivity index (χ3v) is 16.8. The summed E-state index contributed by atoms with van der Waals surface area (Å²) < 4.78 is 5.51. The van der Waals surface area contributed by atoms with E-state index in [1.807, 2.05) is 0 Å². The Hall–Kier alpha value is -1.40. The van der Waals surface area contributed by atoms with Gasteiger partial charge < -0.3 is 20.3 Å². The van der Waals surface area contributed by atoms with Gasteiger partial charge in [0.05, 0.1) is 25.4 Å². The Kier molecular flexibility index (Phi) is 65.9. The lowest BCUT2D eigenvalue weighted by atomic mass is 10.0. The third-order valence-electron chi connectivity index (χ3n) is 16.8. The summed E-state index contributed by atoms with van der Waals surface area (Å²) in [6.07, 6.45) is 82.6. The van der Waals surface area contributed by atoms with Gasteiger partial charge in [-0.05, 0) is 51.4 Å². The van der Waals surface area contributed by atoms with Crippen LogP contribution in [0, 0.1) is 0 Å². The average Bonchev–Trinajstić information content (AvgIpc) is 3.43. The summed E-state index contributed by atoms with van der Waals surface area (Å²) in [6, 6.07) is -0.544. The fourth-order valence-electron chi connectivity index (χ4n) is 11.4. The molecule has 0 spiro atoms. The fourth-order valence-corrected chi connectivity index (χ4v) is 11.4. The van der Waals surface area contributed by atoms with Gasteiger partial charge in [-0.15, -0.1) is 0 Å². The van der Waals surface area contributed by atoms with Crippen LogP contribution in [0.15, 0.2) is 12.2 Å². The zero-order chi connectivity index (χ0) is 55.7. The summed E-state index contributed by atoms with van der Waals surface area (Å²) in [5.41, 5.74) is 0. The maximum absolute atomic E-state index is 12.5. The first-order valence-corrected chi connectivity index (χ1v) is 35.4. The minimum atomic E-state index is -0.667. The van der Waals surface area contributed by atoms with Gasteiger partial charge in [-0.1, -0.05) is 353 Å². The van der Waals surface area contributed by atoms with E-state index < -0.39 is 12.1 Å². The lowest BCUT2D eigenvalue weighted by Crippen LogP contribution is -2.45. The maximum atomic E-state index is 12.5. The molecule has 0 aliphatic rings. The number of aliphatic hydroxyl groups excluding tert-OH is 2. The van der Waals surface area contributed by atoms with E-state index in [0.29, 0.717) is 25.9 Å². The number of carbonyl (C=O) groups is 2. The highest BCUT2D eigenvalue weighted by Crippen LogP contribution is 2.19. The minimum absolute atomic E-state index is 0.0185. The van der Waals surface area contributed by atoms with Gasteiger partial charge >= 0.3 is 5.97 Å². The Morgan fingerprint density at radius 2 is 0.610 bits per heavy atom. The molecule has 1 amide bonds. The summed E-state index contributed by atoms with van der Waals surface area (Å²) in [5.74, 6) is -0.0172. The molecule has 6 nitrogen and oxygen atoms in total. The summed E-state index contributed by atoms with van der Waals surface area (Å²) in [4.78, 5) is 24.6. The Labute approximate surface area is 482 Å². The van der Waals surface area contributed by atoms with Crippen LogP contribution < -0.4 is 5.32 Å². The molecule has 458 valence electrons. The van der Waals surface area contributed by atoms with Crippen molar-refractivity contribution >= 4 is 11.9 Å². The highest BCUT2D eigenvalue weighted by atomic mass is 16.5. The highest BCUT2D eigenvalue weighted by Gasteiger charge is 2.20. The quantitative estimate of drug-likeness (QED) is 0.0320. The van der Waals surface area contributed by atoms with Gasteiger partial charge in [0.1, 0.15) is 0 Å². The molecule has 6 heteroatoms. The standard InChI is InChI=1S/C71H139NO5/c1-3-5-7-9-11-13-15-17-19-21-28-33-37-41-45-49-53-57-61-65-71(76)77-66-62-58-54-50-46-42-38-34-30-27-25-23-22-24-26-29-32-36-40-44-48-52-56-60-64-70(75)72-68(67-73)69(74)63-59-55-51-47-43-39-35-31-20-18-16-14-12-10-8-6-4-2/h24,26,68-69,73-74H,3-23,25,27-67H2,1-2H3,(H,72,75)/b26-24-. The molecule has 77 heavy (non-hydrogen) atoms. The fraction of sp³-hybridized carbons (Fsp3) is 0.944. The molecule has 0 aromatic rings. The highest BCUT2D eigenvalue weighted by molar-refractivity contribution is 5.76. The van der Waals surface area contributed by atoms with E-state index in [9.17, 15) is 19.8 Å². The lowest BCUT2D eigenvalue weighted by Gasteiger charge is -2.22. The molecule has 0 saturated heterocycles. The van der Waals surface area contributed by atoms with Crippen molar-refractivity contribution in [1.82, 2.24) is 5.32 Å². The van der Waals surface area contributed by atoms with Gasteiger partial charge in [0.15, 0.2) is 0 Å². The number of carbonyl (C=O) groups excluding carboxylic acids is 2. The molecule has 3 N–H and O–H groups in total. The topological polar surface area (TPSA) is 95.9 Å². The Morgan fingerprint density at radius 3 is 0.922 bits per heavy atom. The van der Waals surface area contributed by atoms with Crippen molar-refractivity contribution in [3.63, 3.8) is 0 Å². The van der Waals surface area contributed by atoms with E-state index in [1.54, 1.807) is 0 Å². The molecular weight excluding hydrogens is 947 g/mol. The van der Waals surface area contributed by atoms with E-state index >= 15 is 0 Å². The predicted molar refractivity (Wildman–Crippen MR) is 338 cm³/mol. The van der Waals surface area contributed by atoms with Crippen molar-refractivity contribution < 1.29 is 24.5 Å². The normalized spacial score (nSPS) is 12.5. The number of unbranched alkanes of at least 4 members (excludes halogenated alkanes) is 54. The number of amides is 1. The van der Waals surface area contributed by atoms with Gasteiger partial charge in [0.25, 0.3) is 0 Å². The van der Waals surface area contributed by atoms with Crippen LogP contribution in [0.1, 0.15) is 406 Å². The number of rotatable bonds is 67. The SMILES string of the molecule is CCCCCCCCCCCCCCCCCCCCCC(=O)OCCCCCCCCCCCCCC/C=C\CCCCCCCCCCC(=O)NC(CO)C(O)CCCCCCCCCCCCCCCCCCC. The van der Waals surface area contributed by atoms with Gasteiger partial charge in [0.2, 0.25) is 5.91 Å². The van der Waals surface area contributed by atoms with E-state index in [0.717, 1.165) is 38.5 Å². The molecule has 0 aromatic carbocycles. The Bertz CT molecular complexity index is 1160. The first-order chi connectivity index (χ1) is 38.0. The van der Waals surface area contributed by atoms with Crippen molar-refractivity contribution in [2.45, 2.75) is 418 Å². The summed E-state index contributed by atoms with van der Waals surface area (Å²) >= 11 is 0. The molecule has 0 rings (SSSR count). The van der Waals surface area contributed by atoms with Crippen LogP contribution >= 0.6 is 0 Å². The Balaban J connectivity index is 3.37. The van der Waals surface area contributed by atoms with Crippen LogP contribution in [0.2, 0.25) is 0 Å². The Morgan fingerprint density at radius 1 is 0.351 bits per heavy atom. The number of nitrogens with one attached hydrogen (secondary N) is 1.